The van der Waals surface area contributed by atoms with Gasteiger partial charge in [0.25, 0.3) is 5.91 Å². The summed E-state index contributed by atoms with van der Waals surface area (Å²) in [6.07, 6.45) is 0.938. The van der Waals surface area contributed by atoms with Crippen LogP contribution in [0.4, 0.5) is 5.69 Å². The molecule has 0 atom stereocenters. The first-order valence-corrected chi connectivity index (χ1v) is 6.89. The van der Waals surface area contributed by atoms with E-state index in [4.69, 9.17) is 0 Å². The van der Waals surface area contributed by atoms with E-state index in [1.54, 1.807) is 13.1 Å². The van der Waals surface area contributed by atoms with Crippen LogP contribution in [-0.4, -0.2) is 42.9 Å². The van der Waals surface area contributed by atoms with E-state index >= 15 is 0 Å². The first-order valence-electron chi connectivity index (χ1n) is 6.89. The molecule has 1 heterocycles. The fourth-order valence-corrected chi connectivity index (χ4v) is 2.31. The van der Waals surface area contributed by atoms with Gasteiger partial charge in [0.1, 0.15) is 0 Å². The van der Waals surface area contributed by atoms with Gasteiger partial charge in [-0.3, -0.25) is 9.59 Å². The second-order valence-corrected chi connectivity index (χ2v) is 5.43. The standard InChI is InChI=1S/C15H21N3O2.ClH/c1-10(2)17-14(19)9-18(3)15(20)12-4-5-13-11(8-12)6-7-16-13;/h4-5,8,10,16H,6-7,9H2,1-3H3,(H,17,19);1H. The minimum atomic E-state index is -0.140. The van der Waals surface area contributed by atoms with Gasteiger partial charge in [0.15, 0.2) is 0 Å². The predicted octanol–water partition coefficient (Wildman–Crippen LogP) is 1.67. The predicted molar refractivity (Wildman–Crippen MR) is 86.1 cm³/mol. The molecule has 0 radical (unpaired) electrons. The van der Waals surface area contributed by atoms with Gasteiger partial charge < -0.3 is 15.5 Å². The van der Waals surface area contributed by atoms with E-state index in [2.05, 4.69) is 10.6 Å². The quantitative estimate of drug-likeness (QED) is 0.889. The van der Waals surface area contributed by atoms with Crippen LogP contribution < -0.4 is 10.6 Å². The average molecular weight is 312 g/mol. The summed E-state index contributed by atoms with van der Waals surface area (Å²) in [6.45, 7) is 4.78. The number of hydrogen-bond acceptors (Lipinski definition) is 3. The molecule has 2 rings (SSSR count). The Balaban J connectivity index is 0.00000220. The average Bonchev–Trinajstić information content (AvgIpc) is 2.83. The van der Waals surface area contributed by atoms with Gasteiger partial charge >= 0.3 is 0 Å². The highest BCUT2D eigenvalue weighted by atomic mass is 35.5. The topological polar surface area (TPSA) is 61.4 Å². The minimum absolute atomic E-state index is 0. The minimum Gasteiger partial charge on any atom is -0.384 e. The summed E-state index contributed by atoms with van der Waals surface area (Å²) >= 11 is 0. The Labute approximate surface area is 131 Å². The number of nitrogens with zero attached hydrogens (tertiary/aromatic N) is 1. The Morgan fingerprint density at radius 1 is 1.38 bits per heavy atom. The summed E-state index contributed by atoms with van der Waals surface area (Å²) in [5, 5.41) is 6.04. The fourth-order valence-electron chi connectivity index (χ4n) is 2.31. The van der Waals surface area contributed by atoms with Crippen molar-refractivity contribution in [3.05, 3.63) is 29.3 Å². The van der Waals surface area contributed by atoms with Gasteiger partial charge in [-0.15, -0.1) is 12.4 Å². The van der Waals surface area contributed by atoms with Crippen molar-refractivity contribution in [3.63, 3.8) is 0 Å². The maximum atomic E-state index is 12.3. The number of hydrogen-bond donors (Lipinski definition) is 2. The molecule has 1 aliphatic rings. The molecule has 0 fully saturated rings. The lowest BCUT2D eigenvalue weighted by Gasteiger charge is -2.18. The van der Waals surface area contributed by atoms with Crippen molar-refractivity contribution in [1.29, 1.82) is 0 Å². The van der Waals surface area contributed by atoms with E-state index in [0.717, 1.165) is 24.2 Å². The number of fused-ring (bicyclic) bond motifs is 1. The zero-order chi connectivity index (χ0) is 14.7. The summed E-state index contributed by atoms with van der Waals surface area (Å²) in [5.41, 5.74) is 2.89. The molecule has 1 aromatic carbocycles. The smallest absolute Gasteiger partial charge is 0.254 e. The van der Waals surface area contributed by atoms with Crippen molar-refractivity contribution in [2.24, 2.45) is 0 Å². The molecule has 21 heavy (non-hydrogen) atoms. The molecule has 5 nitrogen and oxygen atoms in total. The molecule has 2 N–H and O–H groups in total. The Bertz CT molecular complexity index is 532. The van der Waals surface area contributed by atoms with Crippen molar-refractivity contribution in [2.75, 3.05) is 25.5 Å². The fraction of sp³-hybridized carbons (Fsp3) is 0.467. The Hall–Kier alpha value is -1.75. The molecule has 0 saturated carbocycles. The zero-order valence-corrected chi connectivity index (χ0v) is 13.4. The molecular weight excluding hydrogens is 290 g/mol. The second kappa shape index (κ2) is 7.31. The van der Waals surface area contributed by atoms with Crippen LogP contribution >= 0.6 is 12.4 Å². The van der Waals surface area contributed by atoms with Crippen LogP contribution in [0.25, 0.3) is 0 Å². The Morgan fingerprint density at radius 3 is 2.76 bits per heavy atom. The molecule has 0 spiro atoms. The van der Waals surface area contributed by atoms with E-state index in [9.17, 15) is 9.59 Å². The Morgan fingerprint density at radius 2 is 2.10 bits per heavy atom. The van der Waals surface area contributed by atoms with E-state index in [0.29, 0.717) is 5.56 Å². The normalized spacial score (nSPS) is 12.2. The first kappa shape index (κ1) is 17.3. The van der Waals surface area contributed by atoms with Gasteiger partial charge in [0.2, 0.25) is 5.91 Å². The van der Waals surface area contributed by atoms with Crippen LogP contribution in [-0.2, 0) is 11.2 Å². The van der Waals surface area contributed by atoms with E-state index in [1.165, 1.54) is 4.90 Å². The third-order valence-corrected chi connectivity index (χ3v) is 3.24. The number of rotatable bonds is 4. The number of carbonyl (C=O) groups excluding carboxylic acids is 2. The monoisotopic (exact) mass is 311 g/mol. The van der Waals surface area contributed by atoms with Crippen molar-refractivity contribution >= 4 is 29.9 Å². The van der Waals surface area contributed by atoms with Crippen molar-refractivity contribution in [3.8, 4) is 0 Å². The molecule has 2 amide bonds. The highest BCUT2D eigenvalue weighted by Gasteiger charge is 2.18. The molecule has 116 valence electrons. The zero-order valence-electron chi connectivity index (χ0n) is 12.6. The molecule has 0 saturated heterocycles. The largest absolute Gasteiger partial charge is 0.384 e. The van der Waals surface area contributed by atoms with Crippen molar-refractivity contribution < 1.29 is 9.59 Å². The molecule has 0 bridgehead atoms. The van der Waals surface area contributed by atoms with Crippen LogP contribution in [0.1, 0.15) is 29.8 Å². The maximum absolute atomic E-state index is 12.3. The van der Waals surface area contributed by atoms with Crippen LogP contribution in [0.2, 0.25) is 0 Å². The lowest BCUT2D eigenvalue weighted by Crippen LogP contribution is -2.40. The number of halogens is 1. The number of carbonyl (C=O) groups is 2. The van der Waals surface area contributed by atoms with E-state index in [1.807, 2.05) is 26.0 Å². The van der Waals surface area contributed by atoms with E-state index < -0.39 is 0 Å². The van der Waals surface area contributed by atoms with Crippen LogP contribution in [0.15, 0.2) is 18.2 Å². The number of benzene rings is 1. The molecule has 6 heteroatoms. The highest BCUT2D eigenvalue weighted by Crippen LogP contribution is 2.23. The van der Waals surface area contributed by atoms with Gasteiger partial charge in [-0.05, 0) is 44.0 Å². The number of nitrogens with one attached hydrogen (secondary N) is 2. The molecular formula is C15H22ClN3O2. The van der Waals surface area contributed by atoms with Crippen molar-refractivity contribution in [1.82, 2.24) is 10.2 Å². The molecule has 1 aliphatic heterocycles. The third-order valence-electron chi connectivity index (χ3n) is 3.24. The molecule has 0 aliphatic carbocycles. The Kier molecular flexibility index (Phi) is 6.03. The summed E-state index contributed by atoms with van der Waals surface area (Å²) < 4.78 is 0. The summed E-state index contributed by atoms with van der Waals surface area (Å²) in [6, 6.07) is 5.72. The summed E-state index contributed by atoms with van der Waals surface area (Å²) in [7, 11) is 1.65. The van der Waals surface area contributed by atoms with Gasteiger partial charge in [0, 0.05) is 30.9 Å². The third kappa shape index (κ3) is 4.36. The molecule has 0 aromatic heterocycles. The number of amides is 2. The number of anilines is 1. The summed E-state index contributed by atoms with van der Waals surface area (Å²) in [5.74, 6) is -0.266. The summed E-state index contributed by atoms with van der Waals surface area (Å²) in [4.78, 5) is 25.4. The molecule has 1 aromatic rings. The van der Waals surface area contributed by atoms with Gasteiger partial charge in [-0.1, -0.05) is 0 Å². The van der Waals surface area contributed by atoms with Crippen molar-refractivity contribution in [2.45, 2.75) is 26.3 Å². The SMILES string of the molecule is CC(C)NC(=O)CN(C)C(=O)c1ccc2c(c1)CCN2.Cl. The van der Waals surface area contributed by atoms with Gasteiger partial charge in [-0.25, -0.2) is 0 Å². The number of likely N-dealkylation sites (N-methyl/N-ethyl adjacent to an activating group) is 1. The van der Waals surface area contributed by atoms with Crippen LogP contribution in [0, 0.1) is 0 Å². The second-order valence-electron chi connectivity index (χ2n) is 5.43. The van der Waals surface area contributed by atoms with Crippen LogP contribution in [0.5, 0.6) is 0 Å². The molecule has 0 unspecified atom stereocenters. The van der Waals surface area contributed by atoms with Crippen LogP contribution in [0.3, 0.4) is 0 Å². The highest BCUT2D eigenvalue weighted by molar-refractivity contribution is 5.97. The van der Waals surface area contributed by atoms with Gasteiger partial charge in [-0.2, -0.15) is 0 Å². The first-order chi connectivity index (χ1) is 9.47. The lowest BCUT2D eigenvalue weighted by atomic mass is 10.1. The maximum Gasteiger partial charge on any atom is 0.254 e. The lowest BCUT2D eigenvalue weighted by molar-refractivity contribution is -0.122. The van der Waals surface area contributed by atoms with E-state index in [-0.39, 0.29) is 36.8 Å². The van der Waals surface area contributed by atoms with Gasteiger partial charge in [0.05, 0.1) is 6.54 Å².